The van der Waals surface area contributed by atoms with E-state index < -0.39 is 0 Å². The molecule has 2 aliphatic rings. The molecule has 0 unspecified atom stereocenters. The summed E-state index contributed by atoms with van der Waals surface area (Å²) in [7, 11) is 0. The molecule has 3 heterocycles. The second-order valence-corrected chi connectivity index (χ2v) is 11.0. The maximum Gasteiger partial charge on any atom is 0.294 e. The lowest BCUT2D eigenvalue weighted by molar-refractivity contribution is -0.384. The minimum atomic E-state index is -0.356. The molecule has 38 heavy (non-hydrogen) atoms. The van der Waals surface area contributed by atoms with E-state index in [1.165, 1.54) is 4.90 Å². The van der Waals surface area contributed by atoms with Crippen LogP contribution in [0.1, 0.15) is 22.5 Å². The Balaban J connectivity index is 1.43. The van der Waals surface area contributed by atoms with Crippen LogP contribution in [0.4, 0.5) is 16.2 Å². The van der Waals surface area contributed by atoms with Crippen LogP contribution < -0.4 is 4.90 Å². The van der Waals surface area contributed by atoms with Crippen LogP contribution in [0.3, 0.4) is 0 Å². The van der Waals surface area contributed by atoms with E-state index in [2.05, 4.69) is 15.9 Å². The highest BCUT2D eigenvalue weighted by atomic mass is 79.9. The van der Waals surface area contributed by atoms with Gasteiger partial charge in [-0.25, -0.2) is 0 Å². The second kappa shape index (κ2) is 10.8. The van der Waals surface area contributed by atoms with Crippen LogP contribution in [0.2, 0.25) is 0 Å². The first-order valence-corrected chi connectivity index (χ1v) is 13.6. The molecule has 0 saturated carbocycles. The Kier molecular flexibility index (Phi) is 7.42. The van der Waals surface area contributed by atoms with Crippen molar-refractivity contribution in [3.05, 3.63) is 90.5 Å². The van der Waals surface area contributed by atoms with Crippen LogP contribution in [0.15, 0.2) is 57.9 Å². The van der Waals surface area contributed by atoms with Gasteiger partial charge in [-0.15, -0.1) is 0 Å². The number of amides is 2. The fourth-order valence-corrected chi connectivity index (χ4v) is 5.84. The van der Waals surface area contributed by atoms with Crippen molar-refractivity contribution in [2.24, 2.45) is 0 Å². The summed E-state index contributed by atoms with van der Waals surface area (Å²) in [6.07, 6.45) is 1.72. The SMILES string of the molecule is Cc1cc(/C=C2\SC(=O)N(Cc3ccc(Br)cc3)C2=O)c(C)n1-c1ccc(N2CCOCC2)c([N+](=O)[O-])c1. The normalized spacial score (nSPS) is 17.1. The molecule has 1 aromatic heterocycles. The van der Waals surface area contributed by atoms with E-state index in [-0.39, 0.29) is 28.3 Å². The van der Waals surface area contributed by atoms with E-state index >= 15 is 0 Å². The third-order valence-corrected chi connectivity index (χ3v) is 8.09. The Morgan fingerprint density at radius 1 is 1.08 bits per heavy atom. The molecular weight excluding hydrogens is 572 g/mol. The van der Waals surface area contributed by atoms with Crippen LogP contribution in [0.25, 0.3) is 11.8 Å². The number of hydrogen-bond donors (Lipinski definition) is 0. The molecule has 196 valence electrons. The van der Waals surface area contributed by atoms with Gasteiger partial charge in [-0.2, -0.15) is 0 Å². The molecule has 2 aliphatic heterocycles. The topological polar surface area (TPSA) is 97.9 Å². The number of thioether (sulfide) groups is 1. The zero-order valence-electron chi connectivity index (χ0n) is 20.8. The van der Waals surface area contributed by atoms with E-state index in [4.69, 9.17) is 4.74 Å². The fourth-order valence-electron chi connectivity index (χ4n) is 4.75. The van der Waals surface area contributed by atoms with E-state index in [1.54, 1.807) is 18.2 Å². The van der Waals surface area contributed by atoms with Crippen molar-refractivity contribution in [1.29, 1.82) is 0 Å². The van der Waals surface area contributed by atoms with Gasteiger partial charge in [-0.3, -0.25) is 24.6 Å². The van der Waals surface area contributed by atoms with Crippen molar-refractivity contribution in [1.82, 2.24) is 9.47 Å². The third kappa shape index (κ3) is 5.13. The molecule has 2 amide bonds. The summed E-state index contributed by atoms with van der Waals surface area (Å²) in [5.41, 5.74) is 4.57. The fraction of sp³-hybridized carbons (Fsp3) is 0.259. The number of hydrogen-bond acceptors (Lipinski definition) is 7. The van der Waals surface area contributed by atoms with E-state index in [0.29, 0.717) is 42.6 Å². The number of benzene rings is 2. The van der Waals surface area contributed by atoms with E-state index in [9.17, 15) is 19.7 Å². The summed E-state index contributed by atoms with van der Waals surface area (Å²) in [4.78, 5) is 40.9. The Labute approximate surface area is 232 Å². The highest BCUT2D eigenvalue weighted by Gasteiger charge is 2.35. The molecule has 2 fully saturated rings. The molecule has 3 aromatic rings. The van der Waals surface area contributed by atoms with Gasteiger partial charge in [0.1, 0.15) is 5.69 Å². The summed E-state index contributed by atoms with van der Waals surface area (Å²) in [5, 5.41) is 11.6. The highest BCUT2D eigenvalue weighted by Crippen LogP contribution is 2.36. The molecule has 2 saturated heterocycles. The summed E-state index contributed by atoms with van der Waals surface area (Å²) in [5.74, 6) is -0.335. The van der Waals surface area contributed by atoms with Crippen LogP contribution in [0.5, 0.6) is 0 Å². The lowest BCUT2D eigenvalue weighted by atomic mass is 10.2. The Morgan fingerprint density at radius 2 is 1.79 bits per heavy atom. The number of nitrogens with zero attached hydrogens (tertiary/aromatic N) is 4. The Hall–Kier alpha value is -3.41. The van der Waals surface area contributed by atoms with Gasteiger partial charge in [0.05, 0.1) is 35.3 Å². The van der Waals surface area contributed by atoms with Gasteiger partial charge in [-0.1, -0.05) is 28.1 Å². The zero-order valence-corrected chi connectivity index (χ0v) is 23.3. The average molecular weight is 597 g/mol. The van der Waals surface area contributed by atoms with Crippen molar-refractivity contribution in [3.8, 4) is 5.69 Å². The van der Waals surface area contributed by atoms with Gasteiger partial charge in [0, 0.05) is 35.0 Å². The number of nitro benzene ring substituents is 1. The summed E-state index contributed by atoms with van der Waals surface area (Å²) in [6, 6.07) is 14.6. The molecule has 0 atom stereocenters. The average Bonchev–Trinajstić information content (AvgIpc) is 3.34. The monoisotopic (exact) mass is 596 g/mol. The molecule has 5 rings (SSSR count). The minimum Gasteiger partial charge on any atom is -0.378 e. The number of anilines is 1. The largest absolute Gasteiger partial charge is 0.378 e. The van der Waals surface area contributed by atoms with Crippen LogP contribution >= 0.6 is 27.7 Å². The van der Waals surface area contributed by atoms with Crippen LogP contribution in [0, 0.1) is 24.0 Å². The van der Waals surface area contributed by atoms with Crippen molar-refractivity contribution in [2.45, 2.75) is 20.4 Å². The zero-order chi connectivity index (χ0) is 27.0. The molecule has 0 bridgehead atoms. The lowest BCUT2D eigenvalue weighted by Gasteiger charge is -2.28. The molecule has 9 nitrogen and oxygen atoms in total. The van der Waals surface area contributed by atoms with Gasteiger partial charge in [-0.05, 0) is 73.1 Å². The first-order chi connectivity index (χ1) is 18.2. The Morgan fingerprint density at radius 3 is 2.47 bits per heavy atom. The smallest absolute Gasteiger partial charge is 0.294 e. The molecule has 11 heteroatoms. The molecule has 0 radical (unpaired) electrons. The lowest BCUT2D eigenvalue weighted by Crippen LogP contribution is -2.36. The van der Waals surface area contributed by atoms with Gasteiger partial charge >= 0.3 is 0 Å². The van der Waals surface area contributed by atoms with Gasteiger partial charge in [0.15, 0.2) is 0 Å². The number of ether oxygens (including phenoxy) is 1. The van der Waals surface area contributed by atoms with E-state index in [1.807, 2.05) is 59.7 Å². The van der Waals surface area contributed by atoms with Crippen LogP contribution in [-0.4, -0.2) is 51.8 Å². The number of aromatic nitrogens is 1. The molecule has 2 aromatic carbocycles. The second-order valence-electron chi connectivity index (χ2n) is 9.09. The Bertz CT molecular complexity index is 1460. The molecule has 0 spiro atoms. The van der Waals surface area contributed by atoms with Crippen molar-refractivity contribution >= 4 is 56.3 Å². The molecule has 0 N–H and O–H groups in total. The maximum atomic E-state index is 13.1. The third-order valence-electron chi connectivity index (χ3n) is 6.65. The van der Waals surface area contributed by atoms with Crippen molar-refractivity contribution in [3.63, 3.8) is 0 Å². The predicted octanol–water partition coefficient (Wildman–Crippen LogP) is 5.84. The van der Waals surface area contributed by atoms with Crippen LogP contribution in [-0.2, 0) is 16.1 Å². The van der Waals surface area contributed by atoms with Gasteiger partial charge in [0.25, 0.3) is 16.8 Å². The first kappa shape index (κ1) is 26.2. The summed E-state index contributed by atoms with van der Waals surface area (Å²) >= 11 is 4.31. The first-order valence-electron chi connectivity index (χ1n) is 12.0. The standard InChI is InChI=1S/C27H25BrN4O5S/c1-17-13-20(14-25-26(33)30(27(34)38-25)16-19-3-5-21(28)6-4-19)18(2)31(17)22-7-8-23(24(15-22)32(35)36)29-9-11-37-12-10-29/h3-8,13-15H,9-12,16H2,1-2H3/b25-14-. The summed E-state index contributed by atoms with van der Waals surface area (Å²) in [6.45, 7) is 6.27. The maximum absolute atomic E-state index is 13.1. The number of aryl methyl sites for hydroxylation is 1. The number of morpholine rings is 1. The van der Waals surface area contributed by atoms with Gasteiger partial charge < -0.3 is 14.2 Å². The number of nitro groups is 1. The number of halogens is 1. The van der Waals surface area contributed by atoms with E-state index in [0.717, 1.165) is 38.7 Å². The number of carbonyl (C=O) groups is 2. The minimum absolute atomic E-state index is 0.0347. The predicted molar refractivity (Wildman–Crippen MR) is 151 cm³/mol. The molecule has 0 aliphatic carbocycles. The number of imide groups is 1. The summed E-state index contributed by atoms with van der Waals surface area (Å²) < 4.78 is 8.23. The molecular formula is C27H25BrN4O5S. The number of carbonyl (C=O) groups excluding carboxylic acids is 2. The van der Waals surface area contributed by atoms with Gasteiger partial charge in [0.2, 0.25) is 0 Å². The van der Waals surface area contributed by atoms with Crippen molar-refractivity contribution < 1.29 is 19.2 Å². The number of rotatable bonds is 6. The highest BCUT2D eigenvalue weighted by molar-refractivity contribution is 9.10. The quantitative estimate of drug-likeness (QED) is 0.200. The van der Waals surface area contributed by atoms with Crippen molar-refractivity contribution in [2.75, 3.05) is 31.2 Å².